The Bertz CT molecular complexity index is 825. The van der Waals surface area contributed by atoms with Gasteiger partial charge >= 0.3 is 5.97 Å². The first kappa shape index (κ1) is 14.8. The number of carbonyl (C=O) groups is 1. The largest absolute Gasteiger partial charge is 0.497 e. The molecule has 0 aliphatic heterocycles. The van der Waals surface area contributed by atoms with Gasteiger partial charge in [-0.3, -0.25) is 0 Å². The summed E-state index contributed by atoms with van der Waals surface area (Å²) in [4.78, 5) is 11.5. The number of rotatable bonds is 5. The van der Waals surface area contributed by atoms with E-state index in [-0.39, 0.29) is 5.69 Å². The minimum atomic E-state index is -1.03. The van der Waals surface area contributed by atoms with Crippen LogP contribution in [-0.4, -0.2) is 28.0 Å². The van der Waals surface area contributed by atoms with Crippen LogP contribution >= 0.6 is 0 Å². The molecule has 23 heavy (non-hydrogen) atoms. The van der Waals surface area contributed by atoms with E-state index in [0.717, 1.165) is 17.0 Å². The second-order valence-corrected chi connectivity index (χ2v) is 5.12. The first-order valence-corrected chi connectivity index (χ1v) is 7.17. The third-order valence-corrected chi connectivity index (χ3v) is 3.54. The van der Waals surface area contributed by atoms with Crippen LogP contribution in [0, 0.1) is 0 Å². The Hall–Kier alpha value is -3.08. The fourth-order valence-corrected chi connectivity index (χ4v) is 2.43. The molecule has 0 aliphatic rings. The Morgan fingerprint density at radius 3 is 2.65 bits per heavy atom. The van der Waals surface area contributed by atoms with E-state index in [9.17, 15) is 9.90 Å². The molecule has 2 aromatic carbocycles. The molecule has 0 bridgehead atoms. The minimum absolute atomic E-state index is 0.0664. The van der Waals surface area contributed by atoms with Crippen molar-refractivity contribution >= 4 is 5.97 Å². The molecule has 0 saturated heterocycles. The summed E-state index contributed by atoms with van der Waals surface area (Å²) in [5.74, 6) is -0.285. The van der Waals surface area contributed by atoms with Crippen LogP contribution in [0.15, 0.2) is 60.8 Å². The summed E-state index contributed by atoms with van der Waals surface area (Å²) >= 11 is 0. The molecule has 1 aromatic heterocycles. The maximum absolute atomic E-state index is 11.5. The highest BCUT2D eigenvalue weighted by Gasteiger charge is 2.17. The number of ether oxygens (including phenoxy) is 1. The fourth-order valence-electron chi connectivity index (χ4n) is 2.43. The van der Waals surface area contributed by atoms with E-state index >= 15 is 0 Å². The zero-order chi connectivity index (χ0) is 16.2. The lowest BCUT2D eigenvalue weighted by Gasteiger charge is -2.03. The van der Waals surface area contributed by atoms with Crippen LogP contribution in [-0.2, 0) is 6.42 Å². The van der Waals surface area contributed by atoms with Gasteiger partial charge in [0.2, 0.25) is 0 Å². The first-order chi connectivity index (χ1) is 11.2. The first-order valence-electron chi connectivity index (χ1n) is 7.17. The average molecular weight is 308 g/mol. The van der Waals surface area contributed by atoms with E-state index in [2.05, 4.69) is 5.10 Å². The van der Waals surface area contributed by atoms with Crippen molar-refractivity contribution in [3.8, 4) is 11.4 Å². The van der Waals surface area contributed by atoms with Crippen LogP contribution in [0.2, 0.25) is 0 Å². The van der Waals surface area contributed by atoms with E-state index in [1.807, 2.05) is 54.6 Å². The number of para-hydroxylation sites is 1. The predicted octanol–water partition coefficient (Wildman–Crippen LogP) is 3.17. The molecule has 0 amide bonds. The van der Waals surface area contributed by atoms with Crippen molar-refractivity contribution in [1.82, 2.24) is 9.78 Å². The van der Waals surface area contributed by atoms with Crippen LogP contribution in [0.3, 0.4) is 0 Å². The maximum Gasteiger partial charge on any atom is 0.356 e. The summed E-state index contributed by atoms with van der Waals surface area (Å²) in [5, 5.41) is 13.6. The van der Waals surface area contributed by atoms with Crippen LogP contribution in [0.1, 0.15) is 21.6 Å². The third-order valence-electron chi connectivity index (χ3n) is 3.54. The van der Waals surface area contributed by atoms with Crippen molar-refractivity contribution in [3.63, 3.8) is 0 Å². The van der Waals surface area contributed by atoms with Gasteiger partial charge in [-0.2, -0.15) is 5.10 Å². The van der Waals surface area contributed by atoms with Gasteiger partial charge < -0.3 is 9.84 Å². The molecule has 0 aliphatic carbocycles. The topological polar surface area (TPSA) is 64.4 Å². The highest BCUT2D eigenvalue weighted by molar-refractivity contribution is 5.87. The molecule has 0 radical (unpaired) electrons. The van der Waals surface area contributed by atoms with E-state index in [4.69, 9.17) is 4.74 Å². The van der Waals surface area contributed by atoms with Gasteiger partial charge in [0.15, 0.2) is 5.69 Å². The van der Waals surface area contributed by atoms with Gasteiger partial charge in [0, 0.05) is 18.2 Å². The quantitative estimate of drug-likeness (QED) is 0.786. The smallest absolute Gasteiger partial charge is 0.356 e. The lowest BCUT2D eigenvalue weighted by atomic mass is 10.1. The minimum Gasteiger partial charge on any atom is -0.497 e. The van der Waals surface area contributed by atoms with Crippen molar-refractivity contribution in [1.29, 1.82) is 0 Å². The molecule has 1 heterocycles. The third kappa shape index (κ3) is 3.23. The normalized spacial score (nSPS) is 10.5. The number of hydrogen-bond acceptors (Lipinski definition) is 3. The van der Waals surface area contributed by atoms with Crippen LogP contribution < -0.4 is 4.74 Å². The summed E-state index contributed by atoms with van der Waals surface area (Å²) in [5.41, 5.74) is 2.53. The summed E-state index contributed by atoms with van der Waals surface area (Å²) in [7, 11) is 1.61. The summed E-state index contributed by atoms with van der Waals surface area (Å²) in [6.45, 7) is 0. The Balaban J connectivity index is 1.97. The van der Waals surface area contributed by atoms with Crippen LogP contribution in [0.25, 0.3) is 5.69 Å². The highest BCUT2D eigenvalue weighted by Crippen LogP contribution is 2.19. The van der Waals surface area contributed by atoms with Gasteiger partial charge in [-0.25, -0.2) is 9.48 Å². The van der Waals surface area contributed by atoms with E-state index < -0.39 is 5.97 Å². The number of benzene rings is 2. The standard InChI is InChI=1S/C18H16N2O3/c1-23-16-9-5-6-13(11-16)10-14-12-20(19-17(14)18(21)22)15-7-3-2-4-8-15/h2-9,11-12H,10H2,1H3,(H,21,22). The number of methoxy groups -OCH3 is 1. The molecule has 3 aromatic rings. The zero-order valence-corrected chi connectivity index (χ0v) is 12.6. The Morgan fingerprint density at radius 1 is 1.17 bits per heavy atom. The molecule has 1 N–H and O–H groups in total. The highest BCUT2D eigenvalue weighted by atomic mass is 16.5. The second-order valence-electron chi connectivity index (χ2n) is 5.12. The molecular formula is C18H16N2O3. The number of carboxylic acid groups (broad SMARTS) is 1. The molecule has 0 atom stereocenters. The lowest BCUT2D eigenvalue weighted by Crippen LogP contribution is -2.03. The molecule has 5 nitrogen and oxygen atoms in total. The molecule has 116 valence electrons. The van der Waals surface area contributed by atoms with Crippen molar-refractivity contribution < 1.29 is 14.6 Å². The Labute approximate surface area is 133 Å². The molecule has 3 rings (SSSR count). The van der Waals surface area contributed by atoms with E-state index in [0.29, 0.717) is 12.0 Å². The second kappa shape index (κ2) is 6.36. The van der Waals surface area contributed by atoms with Gasteiger partial charge in [-0.15, -0.1) is 0 Å². The van der Waals surface area contributed by atoms with Gasteiger partial charge in [0.25, 0.3) is 0 Å². The van der Waals surface area contributed by atoms with E-state index in [1.54, 1.807) is 18.0 Å². The fraction of sp³-hybridized carbons (Fsp3) is 0.111. The lowest BCUT2D eigenvalue weighted by molar-refractivity contribution is 0.0689. The molecular weight excluding hydrogens is 292 g/mol. The number of aromatic nitrogens is 2. The molecule has 0 saturated carbocycles. The number of carboxylic acids is 1. The SMILES string of the molecule is COc1cccc(Cc2cn(-c3ccccc3)nc2C(=O)O)c1. The van der Waals surface area contributed by atoms with Gasteiger partial charge in [-0.1, -0.05) is 30.3 Å². The molecule has 0 spiro atoms. The van der Waals surface area contributed by atoms with Gasteiger partial charge in [-0.05, 0) is 29.8 Å². The van der Waals surface area contributed by atoms with Crippen molar-refractivity contribution in [2.45, 2.75) is 6.42 Å². The summed E-state index contributed by atoms with van der Waals surface area (Å²) < 4.78 is 6.80. The Kier molecular flexibility index (Phi) is 4.10. The zero-order valence-electron chi connectivity index (χ0n) is 12.6. The van der Waals surface area contributed by atoms with Crippen molar-refractivity contribution in [3.05, 3.63) is 77.6 Å². The summed E-state index contributed by atoms with van der Waals surface area (Å²) in [6.07, 6.45) is 2.24. The van der Waals surface area contributed by atoms with Crippen LogP contribution in [0.5, 0.6) is 5.75 Å². The average Bonchev–Trinajstić information content (AvgIpc) is 3.00. The van der Waals surface area contributed by atoms with Gasteiger partial charge in [0.05, 0.1) is 12.8 Å². The van der Waals surface area contributed by atoms with E-state index in [1.165, 1.54) is 0 Å². The molecule has 0 unspecified atom stereocenters. The van der Waals surface area contributed by atoms with Crippen molar-refractivity contribution in [2.75, 3.05) is 7.11 Å². The van der Waals surface area contributed by atoms with Crippen LogP contribution in [0.4, 0.5) is 0 Å². The predicted molar refractivity (Wildman–Crippen MR) is 86.3 cm³/mol. The number of hydrogen-bond donors (Lipinski definition) is 1. The monoisotopic (exact) mass is 308 g/mol. The maximum atomic E-state index is 11.5. The number of aromatic carboxylic acids is 1. The van der Waals surface area contributed by atoms with Crippen molar-refractivity contribution in [2.24, 2.45) is 0 Å². The molecule has 5 heteroatoms. The molecule has 0 fully saturated rings. The number of nitrogens with zero attached hydrogens (tertiary/aromatic N) is 2. The summed E-state index contributed by atoms with van der Waals surface area (Å²) in [6, 6.07) is 17.0. The van der Waals surface area contributed by atoms with Gasteiger partial charge in [0.1, 0.15) is 5.75 Å². The Morgan fingerprint density at radius 2 is 1.96 bits per heavy atom.